The van der Waals surface area contributed by atoms with Crippen LogP contribution < -0.4 is 9.47 Å². The molecule has 31 heavy (non-hydrogen) atoms. The molecular formula is C26H18ClNO3. The third-order valence-corrected chi connectivity index (χ3v) is 5.50. The molecule has 0 spiro atoms. The molecule has 5 heteroatoms. The predicted octanol–water partition coefficient (Wildman–Crippen LogP) is 6.49. The number of pyridine rings is 1. The molecule has 0 aliphatic carbocycles. The van der Waals surface area contributed by atoms with Gasteiger partial charge in [-0.2, -0.15) is 0 Å². The minimum atomic E-state index is -0.122. The Kier molecular flexibility index (Phi) is 4.92. The van der Waals surface area contributed by atoms with Gasteiger partial charge in [0.2, 0.25) is 6.79 Å². The number of ether oxygens (including phenoxy) is 2. The number of halogens is 1. The van der Waals surface area contributed by atoms with E-state index >= 15 is 0 Å². The van der Waals surface area contributed by atoms with Gasteiger partial charge in [0.05, 0.1) is 11.1 Å². The van der Waals surface area contributed by atoms with Gasteiger partial charge in [-0.3, -0.25) is 9.78 Å². The lowest BCUT2D eigenvalue weighted by molar-refractivity contribution is 0.104. The van der Waals surface area contributed by atoms with Crippen molar-refractivity contribution in [3.8, 4) is 22.6 Å². The van der Waals surface area contributed by atoms with E-state index in [0.29, 0.717) is 27.8 Å². The van der Waals surface area contributed by atoms with Crippen molar-refractivity contribution in [2.24, 2.45) is 0 Å². The number of aromatic nitrogens is 1. The molecule has 0 N–H and O–H groups in total. The monoisotopic (exact) mass is 427 g/mol. The number of benzene rings is 3. The quantitative estimate of drug-likeness (QED) is 0.276. The minimum Gasteiger partial charge on any atom is -0.454 e. The molecule has 0 fully saturated rings. The third kappa shape index (κ3) is 3.66. The Morgan fingerprint density at radius 2 is 1.81 bits per heavy atom. The lowest BCUT2D eigenvalue weighted by atomic mass is 9.92. The highest BCUT2D eigenvalue weighted by molar-refractivity contribution is 6.31. The molecule has 4 nitrogen and oxygen atoms in total. The molecule has 1 aromatic heterocycles. The number of rotatable bonds is 4. The maximum absolute atomic E-state index is 13.4. The average Bonchev–Trinajstić information content (AvgIpc) is 3.25. The van der Waals surface area contributed by atoms with Gasteiger partial charge < -0.3 is 9.47 Å². The summed E-state index contributed by atoms with van der Waals surface area (Å²) in [6, 6.07) is 21.0. The van der Waals surface area contributed by atoms with Crippen LogP contribution in [0.3, 0.4) is 0 Å². The second-order valence-corrected chi connectivity index (χ2v) is 7.72. The molecule has 2 heterocycles. The van der Waals surface area contributed by atoms with E-state index in [1.807, 2.05) is 73.7 Å². The number of hydrogen-bond donors (Lipinski definition) is 0. The first-order valence-corrected chi connectivity index (χ1v) is 10.3. The summed E-state index contributed by atoms with van der Waals surface area (Å²) in [5, 5.41) is 1.45. The fourth-order valence-corrected chi connectivity index (χ4v) is 4.01. The number of carbonyl (C=O) groups is 1. The fourth-order valence-electron chi connectivity index (χ4n) is 3.84. The molecular weight excluding hydrogens is 410 g/mol. The zero-order valence-electron chi connectivity index (χ0n) is 16.8. The van der Waals surface area contributed by atoms with Crippen molar-refractivity contribution >= 4 is 34.4 Å². The summed E-state index contributed by atoms with van der Waals surface area (Å²) in [5.74, 6) is 1.27. The molecule has 5 rings (SSSR count). The van der Waals surface area contributed by atoms with E-state index in [2.05, 4.69) is 4.98 Å². The summed E-state index contributed by atoms with van der Waals surface area (Å²) < 4.78 is 10.8. The van der Waals surface area contributed by atoms with Gasteiger partial charge in [0.1, 0.15) is 0 Å². The van der Waals surface area contributed by atoms with E-state index < -0.39 is 0 Å². The highest BCUT2D eigenvalue weighted by Crippen LogP contribution is 2.35. The summed E-state index contributed by atoms with van der Waals surface area (Å²) in [6.07, 6.45) is 3.35. The number of nitrogens with zero attached hydrogens (tertiary/aromatic N) is 1. The number of allylic oxidation sites excluding steroid dienone is 1. The second-order valence-electron chi connectivity index (χ2n) is 7.28. The molecule has 3 aromatic carbocycles. The first-order chi connectivity index (χ1) is 15.1. The van der Waals surface area contributed by atoms with Crippen molar-refractivity contribution in [3.63, 3.8) is 0 Å². The Labute approximate surface area is 184 Å². The van der Waals surface area contributed by atoms with Crippen LogP contribution >= 0.6 is 11.6 Å². The van der Waals surface area contributed by atoms with Crippen LogP contribution in [0.2, 0.25) is 5.02 Å². The molecule has 1 aliphatic heterocycles. The zero-order valence-corrected chi connectivity index (χ0v) is 17.5. The van der Waals surface area contributed by atoms with Crippen molar-refractivity contribution in [1.29, 1.82) is 0 Å². The van der Waals surface area contributed by atoms with E-state index in [9.17, 15) is 4.79 Å². The second kappa shape index (κ2) is 7.89. The predicted molar refractivity (Wildman–Crippen MR) is 123 cm³/mol. The molecule has 0 bridgehead atoms. The Morgan fingerprint density at radius 3 is 2.65 bits per heavy atom. The largest absolute Gasteiger partial charge is 0.454 e. The maximum Gasteiger partial charge on any atom is 0.231 e. The highest BCUT2D eigenvalue weighted by Gasteiger charge is 2.19. The molecule has 0 saturated heterocycles. The molecule has 1 aliphatic rings. The van der Waals surface area contributed by atoms with Crippen molar-refractivity contribution in [2.75, 3.05) is 6.79 Å². The van der Waals surface area contributed by atoms with Gasteiger partial charge in [-0.1, -0.05) is 54.1 Å². The lowest BCUT2D eigenvalue weighted by Crippen LogP contribution is -2.05. The molecule has 0 saturated carbocycles. The van der Waals surface area contributed by atoms with Gasteiger partial charge in [-0.05, 0) is 54.5 Å². The van der Waals surface area contributed by atoms with Gasteiger partial charge in [0.15, 0.2) is 17.3 Å². The number of fused-ring (bicyclic) bond motifs is 2. The van der Waals surface area contributed by atoms with Gasteiger partial charge >= 0.3 is 0 Å². The topological polar surface area (TPSA) is 48.4 Å². The molecule has 4 aromatic rings. The van der Waals surface area contributed by atoms with E-state index in [1.54, 1.807) is 12.2 Å². The standard InChI is InChI=1S/C26H18ClNO3/c1-16-25(22(29)11-7-17-8-12-23-24(13-17)31-15-30-23)26(18-5-3-2-4-6-18)20-14-19(27)9-10-21(20)28-16/h2-14H,15H2,1H3/b11-7+. The van der Waals surface area contributed by atoms with Gasteiger partial charge in [0, 0.05) is 21.7 Å². The number of ketones is 1. The summed E-state index contributed by atoms with van der Waals surface area (Å²) in [5.41, 5.74) is 4.68. The summed E-state index contributed by atoms with van der Waals surface area (Å²) in [4.78, 5) is 18.1. The SMILES string of the molecule is Cc1nc2ccc(Cl)cc2c(-c2ccccc2)c1C(=O)/C=C/c1ccc2c(c1)OCO2. The number of hydrogen-bond acceptors (Lipinski definition) is 4. The van der Waals surface area contributed by atoms with Crippen LogP contribution in [0.5, 0.6) is 11.5 Å². The van der Waals surface area contributed by atoms with E-state index in [0.717, 1.165) is 27.6 Å². The van der Waals surface area contributed by atoms with Crippen LogP contribution in [0.1, 0.15) is 21.6 Å². The first kappa shape index (κ1) is 19.3. The van der Waals surface area contributed by atoms with Gasteiger partial charge in [-0.15, -0.1) is 0 Å². The number of carbonyl (C=O) groups excluding carboxylic acids is 1. The van der Waals surface area contributed by atoms with Crippen LogP contribution in [0.25, 0.3) is 28.1 Å². The molecule has 0 atom stereocenters. The van der Waals surface area contributed by atoms with Crippen LogP contribution in [0.15, 0.2) is 72.8 Å². The Hall–Kier alpha value is -3.63. The van der Waals surface area contributed by atoms with E-state index in [4.69, 9.17) is 21.1 Å². The van der Waals surface area contributed by atoms with Crippen molar-refractivity contribution in [2.45, 2.75) is 6.92 Å². The van der Waals surface area contributed by atoms with Crippen LogP contribution in [-0.4, -0.2) is 17.6 Å². The zero-order chi connectivity index (χ0) is 21.4. The third-order valence-electron chi connectivity index (χ3n) is 5.26. The summed E-state index contributed by atoms with van der Waals surface area (Å²) >= 11 is 6.29. The molecule has 0 amide bonds. The Morgan fingerprint density at radius 1 is 1.00 bits per heavy atom. The van der Waals surface area contributed by atoms with E-state index in [-0.39, 0.29) is 12.6 Å². The lowest BCUT2D eigenvalue weighted by Gasteiger charge is -2.14. The summed E-state index contributed by atoms with van der Waals surface area (Å²) in [7, 11) is 0. The normalized spacial score (nSPS) is 12.6. The minimum absolute atomic E-state index is 0.122. The fraction of sp³-hybridized carbons (Fsp3) is 0.0769. The number of aryl methyl sites for hydroxylation is 1. The first-order valence-electron chi connectivity index (χ1n) is 9.87. The summed E-state index contributed by atoms with van der Waals surface area (Å²) in [6.45, 7) is 2.08. The van der Waals surface area contributed by atoms with Crippen molar-refractivity contribution in [3.05, 3.63) is 94.6 Å². The maximum atomic E-state index is 13.4. The highest BCUT2D eigenvalue weighted by atomic mass is 35.5. The van der Waals surface area contributed by atoms with E-state index in [1.165, 1.54) is 0 Å². The van der Waals surface area contributed by atoms with Crippen molar-refractivity contribution in [1.82, 2.24) is 4.98 Å². The van der Waals surface area contributed by atoms with Crippen LogP contribution in [0.4, 0.5) is 0 Å². The molecule has 0 radical (unpaired) electrons. The Bertz CT molecular complexity index is 1350. The van der Waals surface area contributed by atoms with Crippen LogP contribution in [0, 0.1) is 6.92 Å². The molecule has 0 unspecified atom stereocenters. The average molecular weight is 428 g/mol. The molecule has 152 valence electrons. The smallest absolute Gasteiger partial charge is 0.231 e. The van der Waals surface area contributed by atoms with Crippen LogP contribution in [-0.2, 0) is 0 Å². The van der Waals surface area contributed by atoms with Crippen molar-refractivity contribution < 1.29 is 14.3 Å². The van der Waals surface area contributed by atoms with Gasteiger partial charge in [-0.25, -0.2) is 0 Å². The van der Waals surface area contributed by atoms with Gasteiger partial charge in [0.25, 0.3) is 0 Å². The Balaban J connectivity index is 1.63.